The molecule has 0 aliphatic rings. The van der Waals surface area contributed by atoms with Crippen molar-refractivity contribution in [3.8, 4) is 0 Å². The Morgan fingerprint density at radius 2 is 2.36 bits per heavy atom. The lowest BCUT2D eigenvalue weighted by molar-refractivity contribution is 0.296. The van der Waals surface area contributed by atoms with Crippen LogP contribution in [0.15, 0.2) is 24.4 Å². The van der Waals surface area contributed by atoms with Gasteiger partial charge in [-0.15, -0.1) is 0 Å². The van der Waals surface area contributed by atoms with E-state index in [1.807, 2.05) is 18.2 Å². The van der Waals surface area contributed by atoms with Gasteiger partial charge < -0.3 is 10.8 Å². The predicted molar refractivity (Wildman–Crippen MR) is 60.2 cm³/mol. The van der Waals surface area contributed by atoms with Gasteiger partial charge in [-0.1, -0.05) is 6.07 Å². The van der Waals surface area contributed by atoms with E-state index in [0.717, 1.165) is 17.9 Å². The molecule has 1 atom stereocenters. The Morgan fingerprint density at radius 1 is 1.50 bits per heavy atom. The summed E-state index contributed by atoms with van der Waals surface area (Å²) < 4.78 is 0. The lowest BCUT2D eigenvalue weighted by Gasteiger charge is -2.12. The van der Waals surface area contributed by atoms with E-state index in [2.05, 4.69) is 4.98 Å². The molecule has 0 spiro atoms. The van der Waals surface area contributed by atoms with Crippen LogP contribution in [0.5, 0.6) is 0 Å². The van der Waals surface area contributed by atoms with Crippen LogP contribution < -0.4 is 5.73 Å². The van der Waals surface area contributed by atoms with Crippen molar-refractivity contribution in [2.75, 3.05) is 18.9 Å². The molecule has 1 aromatic rings. The van der Waals surface area contributed by atoms with E-state index in [0.29, 0.717) is 6.54 Å². The highest BCUT2D eigenvalue weighted by atomic mass is 32.2. The summed E-state index contributed by atoms with van der Waals surface area (Å²) in [5, 5.41) is 8.91. The lowest BCUT2D eigenvalue weighted by Crippen LogP contribution is -2.11. The first-order valence-corrected chi connectivity index (χ1v) is 5.77. The van der Waals surface area contributed by atoms with Gasteiger partial charge in [-0.3, -0.25) is 4.98 Å². The molecule has 0 aliphatic heterocycles. The zero-order valence-electron chi connectivity index (χ0n) is 8.10. The van der Waals surface area contributed by atoms with E-state index in [9.17, 15) is 0 Å². The number of rotatable bonds is 6. The van der Waals surface area contributed by atoms with Gasteiger partial charge >= 0.3 is 0 Å². The molecule has 1 unspecified atom stereocenters. The molecule has 3 N–H and O–H groups in total. The van der Waals surface area contributed by atoms with Crippen molar-refractivity contribution >= 4 is 11.8 Å². The Bertz CT molecular complexity index is 243. The third-order valence-electron chi connectivity index (χ3n) is 1.85. The van der Waals surface area contributed by atoms with Crippen molar-refractivity contribution in [2.24, 2.45) is 5.73 Å². The summed E-state index contributed by atoms with van der Waals surface area (Å²) in [6.07, 6.45) is 2.60. The Kier molecular flexibility index (Phi) is 5.59. The summed E-state index contributed by atoms with van der Waals surface area (Å²) in [4.78, 5) is 4.27. The molecule has 1 aromatic heterocycles. The summed E-state index contributed by atoms with van der Waals surface area (Å²) in [5.41, 5.74) is 6.69. The number of hydrogen-bond donors (Lipinski definition) is 2. The number of aliphatic hydroxyl groups is 1. The first-order valence-electron chi connectivity index (χ1n) is 4.72. The van der Waals surface area contributed by atoms with Crippen molar-refractivity contribution in [1.29, 1.82) is 0 Å². The van der Waals surface area contributed by atoms with Gasteiger partial charge in [0.2, 0.25) is 0 Å². The number of aliphatic hydroxyl groups excluding tert-OH is 1. The maximum absolute atomic E-state index is 8.66. The van der Waals surface area contributed by atoms with Crippen LogP contribution in [0.1, 0.15) is 17.4 Å². The van der Waals surface area contributed by atoms with E-state index in [-0.39, 0.29) is 11.9 Å². The maximum atomic E-state index is 8.66. The second kappa shape index (κ2) is 6.81. The highest BCUT2D eigenvalue weighted by Crippen LogP contribution is 2.26. The first kappa shape index (κ1) is 11.5. The molecule has 0 saturated carbocycles. The van der Waals surface area contributed by atoms with Crippen molar-refractivity contribution < 1.29 is 5.11 Å². The lowest BCUT2D eigenvalue weighted by atomic mass is 10.3. The number of pyridine rings is 1. The topological polar surface area (TPSA) is 59.1 Å². The van der Waals surface area contributed by atoms with Crippen molar-refractivity contribution in [3.05, 3.63) is 30.1 Å². The van der Waals surface area contributed by atoms with Crippen LogP contribution in [0.2, 0.25) is 0 Å². The molecule has 0 radical (unpaired) electrons. The van der Waals surface area contributed by atoms with Crippen LogP contribution >= 0.6 is 11.8 Å². The molecule has 0 amide bonds. The predicted octanol–water partition coefficient (Wildman–Crippen LogP) is 1.20. The maximum Gasteiger partial charge on any atom is 0.0592 e. The fourth-order valence-electron chi connectivity index (χ4n) is 1.13. The quantitative estimate of drug-likeness (QED) is 0.696. The molecule has 78 valence electrons. The second-order valence-electron chi connectivity index (χ2n) is 2.93. The zero-order valence-corrected chi connectivity index (χ0v) is 8.91. The van der Waals surface area contributed by atoms with Gasteiger partial charge in [0.1, 0.15) is 0 Å². The molecule has 1 heterocycles. The monoisotopic (exact) mass is 212 g/mol. The normalized spacial score (nSPS) is 12.7. The number of hydrogen-bond acceptors (Lipinski definition) is 4. The van der Waals surface area contributed by atoms with Crippen molar-refractivity contribution in [2.45, 2.75) is 11.7 Å². The average molecular weight is 212 g/mol. The number of aromatic nitrogens is 1. The van der Waals surface area contributed by atoms with Gasteiger partial charge in [0.25, 0.3) is 0 Å². The van der Waals surface area contributed by atoms with Crippen LogP contribution in [-0.2, 0) is 0 Å². The third-order valence-corrected chi connectivity index (χ3v) is 3.21. The minimum atomic E-state index is 0.243. The van der Waals surface area contributed by atoms with Crippen LogP contribution in [0.4, 0.5) is 0 Å². The van der Waals surface area contributed by atoms with E-state index in [1.54, 1.807) is 18.0 Å². The molecule has 0 bridgehead atoms. The van der Waals surface area contributed by atoms with Gasteiger partial charge in [0, 0.05) is 19.3 Å². The summed E-state index contributed by atoms with van der Waals surface area (Å²) in [6, 6.07) is 5.86. The summed E-state index contributed by atoms with van der Waals surface area (Å²) in [7, 11) is 0. The standard InChI is InChI=1S/C10H16N2OS/c11-8-10(14-7-3-6-13)9-4-1-2-5-12-9/h1-2,4-5,10,13H,3,6-8,11H2. The van der Waals surface area contributed by atoms with Gasteiger partial charge in [0.05, 0.1) is 10.9 Å². The fourth-order valence-corrected chi connectivity index (χ4v) is 2.16. The Labute approximate surface area is 88.7 Å². The van der Waals surface area contributed by atoms with Crippen LogP contribution in [-0.4, -0.2) is 29.0 Å². The molecule has 0 fully saturated rings. The smallest absolute Gasteiger partial charge is 0.0592 e. The summed E-state index contributed by atoms with van der Waals surface area (Å²) in [5.74, 6) is 0.926. The number of nitrogens with zero attached hydrogens (tertiary/aromatic N) is 1. The van der Waals surface area contributed by atoms with Crippen molar-refractivity contribution in [3.63, 3.8) is 0 Å². The third kappa shape index (κ3) is 3.65. The molecule has 0 aromatic carbocycles. The highest BCUT2D eigenvalue weighted by molar-refractivity contribution is 7.99. The van der Waals surface area contributed by atoms with Gasteiger partial charge in [-0.05, 0) is 24.3 Å². The van der Waals surface area contributed by atoms with Crippen LogP contribution in [0.3, 0.4) is 0 Å². The second-order valence-corrected chi connectivity index (χ2v) is 4.24. The highest BCUT2D eigenvalue weighted by Gasteiger charge is 2.09. The van der Waals surface area contributed by atoms with Gasteiger partial charge in [-0.25, -0.2) is 0 Å². The Morgan fingerprint density at radius 3 is 2.93 bits per heavy atom. The molecular formula is C10H16N2OS. The first-order chi connectivity index (χ1) is 6.88. The van der Waals surface area contributed by atoms with Gasteiger partial charge in [-0.2, -0.15) is 11.8 Å². The Hall–Kier alpha value is -0.580. The van der Waals surface area contributed by atoms with Crippen molar-refractivity contribution in [1.82, 2.24) is 4.98 Å². The molecular weight excluding hydrogens is 196 g/mol. The van der Waals surface area contributed by atoms with Crippen LogP contribution in [0, 0.1) is 0 Å². The largest absolute Gasteiger partial charge is 0.396 e. The number of nitrogens with two attached hydrogens (primary N) is 1. The van der Waals surface area contributed by atoms with E-state index >= 15 is 0 Å². The van der Waals surface area contributed by atoms with E-state index in [4.69, 9.17) is 10.8 Å². The minimum absolute atomic E-state index is 0.243. The minimum Gasteiger partial charge on any atom is -0.396 e. The molecule has 0 aliphatic carbocycles. The molecule has 14 heavy (non-hydrogen) atoms. The summed E-state index contributed by atoms with van der Waals surface area (Å²) >= 11 is 1.75. The van der Waals surface area contributed by atoms with Gasteiger partial charge in [0.15, 0.2) is 0 Å². The zero-order chi connectivity index (χ0) is 10.2. The summed E-state index contributed by atoms with van der Waals surface area (Å²) in [6.45, 7) is 0.833. The SMILES string of the molecule is NCC(SCCCO)c1ccccn1. The van der Waals surface area contributed by atoms with E-state index < -0.39 is 0 Å². The fraction of sp³-hybridized carbons (Fsp3) is 0.500. The Balaban J connectivity index is 2.46. The van der Waals surface area contributed by atoms with Crippen LogP contribution in [0.25, 0.3) is 0 Å². The number of thioether (sulfide) groups is 1. The van der Waals surface area contributed by atoms with E-state index in [1.165, 1.54) is 0 Å². The molecule has 3 nitrogen and oxygen atoms in total. The molecule has 4 heteroatoms. The molecule has 1 rings (SSSR count). The average Bonchev–Trinajstić information content (AvgIpc) is 2.26. The molecule has 0 saturated heterocycles.